The van der Waals surface area contributed by atoms with Crippen LogP contribution in [0.15, 0.2) is 12.1 Å². The van der Waals surface area contributed by atoms with Gasteiger partial charge in [-0.3, -0.25) is 4.79 Å². The summed E-state index contributed by atoms with van der Waals surface area (Å²) in [4.78, 5) is 10.9. The molecule has 7 heteroatoms. The number of benzene rings is 1. The predicted octanol–water partition coefficient (Wildman–Crippen LogP) is 3.55. The summed E-state index contributed by atoms with van der Waals surface area (Å²) in [5.74, 6) is -2.03. The third-order valence-corrected chi connectivity index (χ3v) is 2.08. The van der Waals surface area contributed by atoms with Crippen molar-refractivity contribution >= 4 is 5.78 Å². The van der Waals surface area contributed by atoms with E-state index in [9.17, 15) is 31.9 Å². The number of phenolic OH excluding ortho intramolecular Hbond substituents is 1. The lowest BCUT2D eigenvalue weighted by Gasteiger charge is -2.13. The van der Waals surface area contributed by atoms with Crippen LogP contribution in [0.3, 0.4) is 0 Å². The van der Waals surface area contributed by atoms with Gasteiger partial charge in [-0.05, 0) is 19.1 Å². The van der Waals surface area contributed by atoms with Crippen LogP contribution in [0.4, 0.5) is 22.0 Å². The predicted molar refractivity (Wildman–Crippen MR) is 48.1 cm³/mol. The van der Waals surface area contributed by atoms with Gasteiger partial charge in [-0.15, -0.1) is 0 Å². The second-order valence-corrected chi connectivity index (χ2v) is 3.32. The average molecular weight is 254 g/mol. The van der Waals surface area contributed by atoms with Crippen molar-refractivity contribution in [3.8, 4) is 5.75 Å². The molecule has 1 rings (SSSR count). The number of ketones is 1. The van der Waals surface area contributed by atoms with Crippen LogP contribution < -0.4 is 0 Å². The number of Topliss-reactive ketones (excluding diaryl/α,β-unsaturated/α-hetero) is 1. The maximum atomic E-state index is 12.4. The van der Waals surface area contributed by atoms with Gasteiger partial charge in [-0.1, -0.05) is 0 Å². The quantitative estimate of drug-likeness (QED) is 0.647. The molecule has 0 radical (unpaired) electrons. The first kappa shape index (κ1) is 13.4. The number of aromatic hydroxyl groups is 1. The van der Waals surface area contributed by atoms with Crippen LogP contribution in [-0.4, -0.2) is 10.9 Å². The zero-order chi connectivity index (χ0) is 13.4. The van der Waals surface area contributed by atoms with Crippen LogP contribution in [0.2, 0.25) is 0 Å². The molecule has 0 fully saturated rings. The first-order valence-electron chi connectivity index (χ1n) is 4.37. The largest absolute Gasteiger partial charge is 0.507 e. The third kappa shape index (κ3) is 2.72. The lowest BCUT2D eigenvalue weighted by molar-refractivity contribution is -0.137. The zero-order valence-electron chi connectivity index (χ0n) is 8.48. The molecule has 0 heterocycles. The number of hydrogen-bond donors (Lipinski definition) is 1. The van der Waals surface area contributed by atoms with E-state index in [1.165, 1.54) is 0 Å². The molecule has 1 N–H and O–H groups in total. The van der Waals surface area contributed by atoms with Crippen LogP contribution in [0.1, 0.15) is 34.8 Å². The molecule has 0 spiro atoms. The molecule has 1 aromatic rings. The highest BCUT2D eigenvalue weighted by atomic mass is 19.4. The Labute approximate surface area is 92.7 Å². The van der Waals surface area contributed by atoms with Gasteiger partial charge in [0.25, 0.3) is 6.43 Å². The van der Waals surface area contributed by atoms with Crippen molar-refractivity contribution in [2.75, 3.05) is 0 Å². The summed E-state index contributed by atoms with van der Waals surface area (Å²) < 4.78 is 61.9. The van der Waals surface area contributed by atoms with Gasteiger partial charge in [0.1, 0.15) is 5.75 Å². The Hall–Kier alpha value is -1.66. The monoisotopic (exact) mass is 254 g/mol. The summed E-state index contributed by atoms with van der Waals surface area (Å²) in [7, 11) is 0. The number of rotatable bonds is 2. The summed E-state index contributed by atoms with van der Waals surface area (Å²) in [5.41, 5.74) is -3.36. The van der Waals surface area contributed by atoms with Crippen LogP contribution in [-0.2, 0) is 6.18 Å². The Kier molecular flexibility index (Phi) is 3.40. The van der Waals surface area contributed by atoms with Crippen LogP contribution in [0, 0.1) is 0 Å². The maximum Gasteiger partial charge on any atom is 0.416 e. The fourth-order valence-corrected chi connectivity index (χ4v) is 1.26. The van der Waals surface area contributed by atoms with Crippen molar-refractivity contribution in [3.63, 3.8) is 0 Å². The molecule has 0 aromatic heterocycles. The van der Waals surface area contributed by atoms with Gasteiger partial charge in [0.15, 0.2) is 5.78 Å². The lowest BCUT2D eigenvalue weighted by atomic mass is 10.0. The van der Waals surface area contributed by atoms with Crippen molar-refractivity contribution in [1.82, 2.24) is 0 Å². The lowest BCUT2D eigenvalue weighted by Crippen LogP contribution is -2.09. The molecule has 0 aliphatic carbocycles. The highest BCUT2D eigenvalue weighted by molar-refractivity contribution is 5.97. The highest BCUT2D eigenvalue weighted by Crippen LogP contribution is 2.38. The summed E-state index contributed by atoms with van der Waals surface area (Å²) in [6.07, 6.45) is -8.16. The van der Waals surface area contributed by atoms with E-state index in [1.807, 2.05) is 0 Å². The molecule has 0 bridgehead atoms. The van der Waals surface area contributed by atoms with E-state index in [0.29, 0.717) is 6.07 Å². The summed E-state index contributed by atoms with van der Waals surface area (Å²) >= 11 is 0. The summed E-state index contributed by atoms with van der Waals surface area (Å²) in [5, 5.41) is 9.25. The Bertz CT molecular complexity index is 451. The molecule has 2 nitrogen and oxygen atoms in total. The van der Waals surface area contributed by atoms with E-state index in [-0.39, 0.29) is 6.07 Å². The minimum absolute atomic E-state index is 0.131. The number of phenols is 1. The maximum absolute atomic E-state index is 12.4. The number of carbonyl (C=O) groups excluding carboxylic acids is 1. The van der Waals surface area contributed by atoms with Gasteiger partial charge in [0.05, 0.1) is 16.7 Å². The minimum Gasteiger partial charge on any atom is -0.507 e. The topological polar surface area (TPSA) is 37.3 Å². The molecular formula is C10H7F5O2. The second-order valence-electron chi connectivity index (χ2n) is 3.32. The molecule has 0 atom stereocenters. The average Bonchev–Trinajstić information content (AvgIpc) is 2.14. The van der Waals surface area contributed by atoms with Crippen molar-refractivity contribution in [2.45, 2.75) is 19.5 Å². The van der Waals surface area contributed by atoms with E-state index < -0.39 is 40.8 Å². The Morgan fingerprint density at radius 1 is 1.29 bits per heavy atom. The van der Waals surface area contributed by atoms with E-state index in [2.05, 4.69) is 0 Å². The molecule has 1 aromatic carbocycles. The molecule has 0 aliphatic rings. The highest BCUT2D eigenvalue weighted by Gasteiger charge is 2.34. The van der Waals surface area contributed by atoms with Crippen LogP contribution >= 0.6 is 0 Å². The molecule has 0 saturated heterocycles. The normalized spacial score (nSPS) is 11.9. The second kappa shape index (κ2) is 4.31. The van der Waals surface area contributed by atoms with E-state index >= 15 is 0 Å². The smallest absolute Gasteiger partial charge is 0.416 e. The number of halogens is 5. The van der Waals surface area contributed by atoms with E-state index in [0.717, 1.165) is 6.92 Å². The molecule has 17 heavy (non-hydrogen) atoms. The van der Waals surface area contributed by atoms with Crippen molar-refractivity contribution in [2.24, 2.45) is 0 Å². The molecule has 94 valence electrons. The van der Waals surface area contributed by atoms with Gasteiger partial charge in [0, 0.05) is 0 Å². The molecule has 0 saturated carbocycles. The van der Waals surface area contributed by atoms with Crippen LogP contribution in [0.25, 0.3) is 0 Å². The summed E-state index contributed by atoms with van der Waals surface area (Å²) in [6.45, 7) is 0.879. The Morgan fingerprint density at radius 2 is 1.82 bits per heavy atom. The summed E-state index contributed by atoms with van der Waals surface area (Å²) in [6, 6.07) is 0.482. The van der Waals surface area contributed by atoms with E-state index in [4.69, 9.17) is 0 Å². The number of alkyl halides is 5. The molecule has 0 unspecified atom stereocenters. The fraction of sp³-hybridized carbons (Fsp3) is 0.300. The molecule has 0 amide bonds. The van der Waals surface area contributed by atoms with Crippen molar-refractivity contribution in [1.29, 1.82) is 0 Å². The Balaban J connectivity index is 3.53. The van der Waals surface area contributed by atoms with Gasteiger partial charge in [-0.2, -0.15) is 13.2 Å². The SMILES string of the molecule is CC(=O)c1cc(C(F)(F)F)cc(C(F)F)c1O. The standard InChI is InChI=1S/C10H7F5O2/c1-4(16)6-2-5(10(13,14)15)3-7(8(6)17)9(11)12/h2-3,9,17H,1H3. The zero-order valence-corrected chi connectivity index (χ0v) is 8.48. The van der Waals surface area contributed by atoms with Crippen molar-refractivity contribution < 1.29 is 31.9 Å². The van der Waals surface area contributed by atoms with E-state index in [1.54, 1.807) is 0 Å². The van der Waals surface area contributed by atoms with Gasteiger partial charge >= 0.3 is 6.18 Å². The molecular weight excluding hydrogens is 247 g/mol. The van der Waals surface area contributed by atoms with Gasteiger partial charge in [-0.25, -0.2) is 8.78 Å². The van der Waals surface area contributed by atoms with Crippen LogP contribution in [0.5, 0.6) is 5.75 Å². The van der Waals surface area contributed by atoms with Gasteiger partial charge in [0.2, 0.25) is 0 Å². The third-order valence-electron chi connectivity index (χ3n) is 2.08. The molecule has 0 aliphatic heterocycles. The first-order chi connectivity index (χ1) is 7.64. The minimum atomic E-state index is -4.86. The van der Waals surface area contributed by atoms with Crippen molar-refractivity contribution in [3.05, 3.63) is 28.8 Å². The Morgan fingerprint density at radius 3 is 2.18 bits per heavy atom. The number of hydrogen-bond acceptors (Lipinski definition) is 2. The first-order valence-corrected chi connectivity index (χ1v) is 4.37. The van der Waals surface area contributed by atoms with Gasteiger partial charge < -0.3 is 5.11 Å². The fourth-order valence-electron chi connectivity index (χ4n) is 1.26. The number of carbonyl (C=O) groups is 1.